The van der Waals surface area contributed by atoms with Crippen LogP contribution in [-0.4, -0.2) is 5.91 Å². The smallest absolute Gasteiger partial charge is 0.222 e. The third-order valence-corrected chi connectivity index (χ3v) is 2.98. The van der Waals surface area contributed by atoms with Crippen molar-refractivity contribution >= 4 is 5.91 Å². The molecule has 1 amide bonds. The van der Waals surface area contributed by atoms with E-state index in [9.17, 15) is 4.79 Å². The Morgan fingerprint density at radius 2 is 1.71 bits per heavy atom. The van der Waals surface area contributed by atoms with Crippen LogP contribution in [0.4, 0.5) is 0 Å². The van der Waals surface area contributed by atoms with E-state index in [1.165, 1.54) is 22.3 Å². The quantitative estimate of drug-likeness (QED) is 0.674. The van der Waals surface area contributed by atoms with Gasteiger partial charge in [-0.05, 0) is 43.0 Å². The topological polar surface area (TPSA) is 29.1 Å². The SMILES string of the molecule is Cc1cc(C)c(C2CC(=O)N2)cc1C. The van der Waals surface area contributed by atoms with Crippen molar-refractivity contribution < 1.29 is 4.79 Å². The first-order valence-electron chi connectivity index (χ1n) is 4.95. The van der Waals surface area contributed by atoms with Crippen molar-refractivity contribution in [3.8, 4) is 0 Å². The summed E-state index contributed by atoms with van der Waals surface area (Å²) in [6.45, 7) is 6.33. The van der Waals surface area contributed by atoms with E-state index in [-0.39, 0.29) is 11.9 Å². The van der Waals surface area contributed by atoms with Crippen LogP contribution in [0.5, 0.6) is 0 Å². The van der Waals surface area contributed by atoms with Crippen molar-refractivity contribution in [2.45, 2.75) is 33.2 Å². The second kappa shape index (κ2) is 3.12. The fourth-order valence-corrected chi connectivity index (χ4v) is 1.90. The fraction of sp³-hybridized carbons (Fsp3) is 0.417. The Hall–Kier alpha value is -1.31. The lowest BCUT2D eigenvalue weighted by molar-refractivity contribution is -0.128. The van der Waals surface area contributed by atoms with Crippen molar-refractivity contribution in [3.05, 3.63) is 34.4 Å². The van der Waals surface area contributed by atoms with Crippen LogP contribution in [0.3, 0.4) is 0 Å². The summed E-state index contributed by atoms with van der Waals surface area (Å²) >= 11 is 0. The number of carbonyl (C=O) groups excluding carboxylic acids is 1. The van der Waals surface area contributed by atoms with Crippen molar-refractivity contribution in [1.82, 2.24) is 5.32 Å². The normalized spacial score (nSPS) is 20.2. The van der Waals surface area contributed by atoms with Crippen molar-refractivity contribution in [3.63, 3.8) is 0 Å². The van der Waals surface area contributed by atoms with Gasteiger partial charge in [-0.1, -0.05) is 12.1 Å². The molecule has 1 saturated heterocycles. The molecule has 1 atom stereocenters. The molecule has 2 rings (SSSR count). The molecule has 2 heteroatoms. The summed E-state index contributed by atoms with van der Waals surface area (Å²) in [4.78, 5) is 10.8. The molecule has 0 aromatic heterocycles. The van der Waals surface area contributed by atoms with Gasteiger partial charge < -0.3 is 5.32 Å². The first-order valence-corrected chi connectivity index (χ1v) is 4.95. The van der Waals surface area contributed by atoms with Gasteiger partial charge in [0, 0.05) is 0 Å². The van der Waals surface area contributed by atoms with E-state index >= 15 is 0 Å². The Labute approximate surface area is 84.3 Å². The Kier molecular flexibility index (Phi) is 2.06. The Balaban J connectivity index is 2.34. The van der Waals surface area contributed by atoms with Crippen LogP contribution in [0.1, 0.15) is 34.7 Å². The molecule has 1 unspecified atom stereocenters. The third-order valence-electron chi connectivity index (χ3n) is 2.98. The highest BCUT2D eigenvalue weighted by atomic mass is 16.2. The van der Waals surface area contributed by atoms with Crippen LogP contribution in [-0.2, 0) is 4.79 Å². The molecule has 1 aliphatic rings. The summed E-state index contributed by atoms with van der Waals surface area (Å²) in [5.41, 5.74) is 5.16. The van der Waals surface area contributed by atoms with Crippen LogP contribution in [0, 0.1) is 20.8 Å². The lowest BCUT2D eigenvalue weighted by Crippen LogP contribution is -2.41. The van der Waals surface area contributed by atoms with E-state index in [0.717, 1.165) is 0 Å². The third kappa shape index (κ3) is 1.41. The molecule has 1 heterocycles. The number of hydrogen-bond acceptors (Lipinski definition) is 1. The predicted octanol–water partition coefficient (Wildman–Crippen LogP) is 2.17. The lowest BCUT2D eigenvalue weighted by atomic mass is 9.90. The maximum Gasteiger partial charge on any atom is 0.222 e. The zero-order valence-electron chi connectivity index (χ0n) is 8.85. The highest BCUT2D eigenvalue weighted by Gasteiger charge is 2.27. The molecule has 1 N–H and O–H groups in total. The minimum atomic E-state index is 0.160. The number of hydrogen-bond donors (Lipinski definition) is 1. The minimum Gasteiger partial charge on any atom is -0.349 e. The number of amides is 1. The lowest BCUT2D eigenvalue weighted by Gasteiger charge is -2.29. The first kappa shape index (κ1) is 9.25. The van der Waals surface area contributed by atoms with Gasteiger partial charge in [-0.15, -0.1) is 0 Å². The van der Waals surface area contributed by atoms with Crippen LogP contribution in [0.15, 0.2) is 12.1 Å². The van der Waals surface area contributed by atoms with E-state index in [1.54, 1.807) is 0 Å². The first-order chi connectivity index (χ1) is 6.58. The molecule has 1 aromatic carbocycles. The summed E-state index contributed by atoms with van der Waals surface area (Å²) in [6.07, 6.45) is 0.642. The van der Waals surface area contributed by atoms with E-state index < -0.39 is 0 Å². The monoisotopic (exact) mass is 189 g/mol. The second-order valence-electron chi connectivity index (χ2n) is 4.12. The van der Waals surface area contributed by atoms with E-state index in [0.29, 0.717) is 6.42 Å². The molecule has 2 nitrogen and oxygen atoms in total. The van der Waals surface area contributed by atoms with E-state index in [2.05, 4.69) is 38.2 Å². The van der Waals surface area contributed by atoms with Gasteiger partial charge in [0.25, 0.3) is 0 Å². The summed E-state index contributed by atoms with van der Waals surface area (Å²) in [5.74, 6) is 0.160. The number of β-lactam (4-membered cyclic amide) rings is 1. The largest absolute Gasteiger partial charge is 0.349 e. The van der Waals surface area contributed by atoms with Crippen molar-refractivity contribution in [1.29, 1.82) is 0 Å². The van der Waals surface area contributed by atoms with Crippen molar-refractivity contribution in [2.75, 3.05) is 0 Å². The van der Waals surface area contributed by atoms with Crippen LogP contribution < -0.4 is 5.32 Å². The summed E-state index contributed by atoms with van der Waals surface area (Å²) in [5, 5.41) is 2.91. The van der Waals surface area contributed by atoms with Gasteiger partial charge in [-0.2, -0.15) is 0 Å². The summed E-state index contributed by atoms with van der Waals surface area (Å²) in [6, 6.07) is 4.63. The van der Waals surface area contributed by atoms with Crippen LogP contribution in [0.25, 0.3) is 0 Å². The van der Waals surface area contributed by atoms with Gasteiger partial charge in [-0.25, -0.2) is 0 Å². The van der Waals surface area contributed by atoms with E-state index in [1.807, 2.05) is 0 Å². The molecule has 74 valence electrons. The van der Waals surface area contributed by atoms with E-state index in [4.69, 9.17) is 0 Å². The molecule has 0 spiro atoms. The predicted molar refractivity (Wildman–Crippen MR) is 56.2 cm³/mol. The molecule has 0 aliphatic carbocycles. The zero-order valence-corrected chi connectivity index (χ0v) is 8.85. The summed E-state index contributed by atoms with van der Waals surface area (Å²) in [7, 11) is 0. The number of nitrogens with one attached hydrogen (secondary N) is 1. The van der Waals surface area contributed by atoms with Gasteiger partial charge >= 0.3 is 0 Å². The average molecular weight is 189 g/mol. The van der Waals surface area contributed by atoms with Crippen LogP contribution in [0.2, 0.25) is 0 Å². The van der Waals surface area contributed by atoms with Gasteiger partial charge in [0.1, 0.15) is 0 Å². The molecule has 0 bridgehead atoms. The number of carbonyl (C=O) groups is 1. The van der Waals surface area contributed by atoms with Gasteiger partial charge in [0.05, 0.1) is 12.5 Å². The van der Waals surface area contributed by atoms with Gasteiger partial charge in [0.15, 0.2) is 0 Å². The second-order valence-corrected chi connectivity index (χ2v) is 4.12. The minimum absolute atomic E-state index is 0.160. The standard InChI is InChI=1S/C12H15NO/c1-7-4-9(3)10(5-8(7)2)11-6-12(14)13-11/h4-5,11H,6H2,1-3H3,(H,13,14). The molecule has 0 saturated carbocycles. The molecule has 0 radical (unpaired) electrons. The highest BCUT2D eigenvalue weighted by Crippen LogP contribution is 2.28. The average Bonchev–Trinajstić information content (AvgIpc) is 2.07. The van der Waals surface area contributed by atoms with Crippen molar-refractivity contribution in [2.24, 2.45) is 0 Å². The molecule has 14 heavy (non-hydrogen) atoms. The zero-order chi connectivity index (χ0) is 10.3. The molecular weight excluding hydrogens is 174 g/mol. The maximum absolute atomic E-state index is 10.8. The maximum atomic E-state index is 10.8. The van der Waals surface area contributed by atoms with Crippen LogP contribution >= 0.6 is 0 Å². The number of benzene rings is 1. The number of rotatable bonds is 1. The molecule has 1 aliphatic heterocycles. The van der Waals surface area contributed by atoms with Gasteiger partial charge in [0.2, 0.25) is 5.91 Å². The molecule has 1 fully saturated rings. The Morgan fingerprint density at radius 1 is 1.14 bits per heavy atom. The Morgan fingerprint density at radius 3 is 2.29 bits per heavy atom. The molecule has 1 aromatic rings. The fourth-order valence-electron chi connectivity index (χ4n) is 1.90. The highest BCUT2D eigenvalue weighted by molar-refractivity contribution is 5.83. The Bertz CT molecular complexity index is 388. The van der Waals surface area contributed by atoms with Gasteiger partial charge in [-0.3, -0.25) is 4.79 Å². The number of aryl methyl sites for hydroxylation is 3. The molecular formula is C12H15NO. The summed E-state index contributed by atoms with van der Waals surface area (Å²) < 4.78 is 0.